The van der Waals surface area contributed by atoms with E-state index in [0.29, 0.717) is 6.42 Å². The highest BCUT2D eigenvalue weighted by molar-refractivity contribution is 5.87. The molecule has 2 amide bonds. The number of alkyl carbamates (subject to hydrolysis) is 1. The molecule has 0 aromatic heterocycles. The molecular weight excluding hydrogens is 286 g/mol. The molecule has 1 atom stereocenters. The number of likely N-dealkylation sites (N-methyl/N-ethyl adjacent to an activating group) is 1. The topological polar surface area (TPSA) is 80.2 Å². The molecule has 0 unspecified atom stereocenters. The van der Waals surface area contributed by atoms with Gasteiger partial charge in [-0.3, -0.25) is 14.6 Å². The Morgan fingerprint density at radius 2 is 1.95 bits per heavy atom. The van der Waals surface area contributed by atoms with Crippen LogP contribution in [-0.2, 0) is 14.4 Å². The quantitative estimate of drug-likeness (QED) is 0.600. The van der Waals surface area contributed by atoms with Crippen LogP contribution in [0, 0.1) is 0 Å². The number of hydroxylamine groups is 2. The summed E-state index contributed by atoms with van der Waals surface area (Å²) in [5, 5.41) is 3.64. The largest absolute Gasteiger partial charge is 0.444 e. The second-order valence-electron chi connectivity index (χ2n) is 5.67. The number of hydrogen-bond donors (Lipinski definition) is 1. The third kappa shape index (κ3) is 7.78. The molecule has 1 N–H and O–H groups in total. The average Bonchev–Trinajstić information content (AvgIpc) is 2.42. The number of ether oxygens (including phenoxy) is 1. The summed E-state index contributed by atoms with van der Waals surface area (Å²) in [6.45, 7) is 7.11. The van der Waals surface area contributed by atoms with Crippen LogP contribution in [0.15, 0.2) is 16.6 Å². The summed E-state index contributed by atoms with van der Waals surface area (Å²) in [6.07, 6.45) is 3.11. The van der Waals surface area contributed by atoms with E-state index >= 15 is 0 Å². The van der Waals surface area contributed by atoms with Gasteiger partial charge in [-0.2, -0.15) is 0 Å². The number of carbonyl (C=O) groups excluding carboxylic acids is 2. The van der Waals surface area contributed by atoms with Crippen molar-refractivity contribution in [1.29, 1.82) is 0 Å². The smallest absolute Gasteiger partial charge is 0.408 e. The van der Waals surface area contributed by atoms with Gasteiger partial charge in [0, 0.05) is 26.7 Å². The number of nitrogens with zero attached hydrogens (tertiary/aromatic N) is 2. The second kappa shape index (κ2) is 9.19. The summed E-state index contributed by atoms with van der Waals surface area (Å²) in [4.78, 5) is 33.0. The Bertz CT molecular complexity index is 439. The maximum atomic E-state index is 12.3. The molecule has 0 aliphatic heterocycles. The fourth-order valence-electron chi connectivity index (χ4n) is 1.61. The zero-order chi connectivity index (χ0) is 17.3. The number of nitrogens with one attached hydrogen (secondary N) is 1. The summed E-state index contributed by atoms with van der Waals surface area (Å²) in [6, 6.07) is -0.802. The highest BCUT2D eigenvalue weighted by Crippen LogP contribution is 2.10. The third-order valence-corrected chi connectivity index (χ3v) is 2.68. The molecule has 0 aliphatic rings. The molecule has 0 saturated carbocycles. The third-order valence-electron chi connectivity index (χ3n) is 2.68. The zero-order valence-electron chi connectivity index (χ0n) is 14.5. The van der Waals surface area contributed by atoms with E-state index in [1.54, 1.807) is 34.0 Å². The average molecular weight is 313 g/mol. The molecule has 22 heavy (non-hydrogen) atoms. The van der Waals surface area contributed by atoms with Crippen LogP contribution in [0.25, 0.3) is 0 Å². The van der Waals surface area contributed by atoms with Crippen LogP contribution in [-0.4, -0.2) is 56.1 Å². The number of carbonyl (C=O) groups is 2. The van der Waals surface area contributed by atoms with Crippen molar-refractivity contribution in [3.8, 4) is 0 Å². The van der Waals surface area contributed by atoms with Crippen molar-refractivity contribution < 1.29 is 19.2 Å². The molecule has 0 bridgehead atoms. The van der Waals surface area contributed by atoms with Gasteiger partial charge in [0.1, 0.15) is 11.6 Å². The highest BCUT2D eigenvalue weighted by Gasteiger charge is 2.27. The normalized spacial score (nSPS) is 13.9. The molecule has 0 heterocycles. The molecule has 0 aliphatic carbocycles. The van der Waals surface area contributed by atoms with Crippen LogP contribution in [0.4, 0.5) is 4.79 Å². The second-order valence-corrected chi connectivity index (χ2v) is 5.67. The van der Waals surface area contributed by atoms with Crippen LogP contribution in [0.2, 0.25) is 0 Å². The first-order valence-corrected chi connectivity index (χ1v) is 7.03. The van der Waals surface area contributed by atoms with Crippen molar-refractivity contribution in [2.75, 3.05) is 21.2 Å². The molecule has 0 aromatic carbocycles. The van der Waals surface area contributed by atoms with Crippen molar-refractivity contribution in [2.45, 2.75) is 45.8 Å². The lowest BCUT2D eigenvalue weighted by atomic mass is 10.1. The number of allylic oxidation sites excluding steroid dienone is 1. The van der Waals surface area contributed by atoms with Crippen LogP contribution in [0.1, 0.15) is 34.1 Å². The number of hydrogen-bond acceptors (Lipinski definition) is 5. The summed E-state index contributed by atoms with van der Waals surface area (Å²) in [5.41, 5.74) is 0.181. The first kappa shape index (κ1) is 20.1. The SMILES string of the molecule is C/C=C(\C=NC)C[C@H](NC(=O)OC(C)(C)C)C(=O)N(C)OC. The number of rotatable bonds is 6. The minimum atomic E-state index is -0.802. The molecule has 126 valence electrons. The Morgan fingerprint density at radius 1 is 1.36 bits per heavy atom. The van der Waals surface area contributed by atoms with Crippen LogP contribution in [0.5, 0.6) is 0 Å². The summed E-state index contributed by atoms with van der Waals surface area (Å²) in [7, 11) is 4.50. The monoisotopic (exact) mass is 313 g/mol. The van der Waals surface area contributed by atoms with Crippen molar-refractivity contribution in [2.24, 2.45) is 4.99 Å². The number of amides is 2. The van der Waals surface area contributed by atoms with Gasteiger partial charge in [-0.05, 0) is 33.3 Å². The van der Waals surface area contributed by atoms with E-state index in [1.807, 2.05) is 13.0 Å². The Balaban J connectivity index is 5.09. The summed E-state index contributed by atoms with van der Waals surface area (Å²) in [5.74, 6) is -0.378. The van der Waals surface area contributed by atoms with Crippen molar-refractivity contribution in [3.63, 3.8) is 0 Å². The van der Waals surface area contributed by atoms with Gasteiger partial charge < -0.3 is 10.1 Å². The lowest BCUT2D eigenvalue weighted by molar-refractivity contribution is -0.170. The molecule has 0 fully saturated rings. The van der Waals surface area contributed by atoms with Gasteiger partial charge >= 0.3 is 6.09 Å². The molecule has 7 nitrogen and oxygen atoms in total. The molecule has 0 aromatic rings. The molecule has 7 heteroatoms. The molecule has 0 radical (unpaired) electrons. The molecule has 0 saturated heterocycles. The Morgan fingerprint density at radius 3 is 2.36 bits per heavy atom. The van der Waals surface area contributed by atoms with Gasteiger partial charge in [-0.15, -0.1) is 0 Å². The van der Waals surface area contributed by atoms with E-state index in [-0.39, 0.29) is 5.91 Å². The van der Waals surface area contributed by atoms with Crippen molar-refractivity contribution in [3.05, 3.63) is 11.6 Å². The molecule has 0 rings (SSSR count). The van der Waals surface area contributed by atoms with Gasteiger partial charge in [-0.1, -0.05) is 6.08 Å². The molecule has 0 spiro atoms. The predicted octanol–water partition coefficient (Wildman–Crippen LogP) is 1.94. The van der Waals surface area contributed by atoms with E-state index < -0.39 is 17.7 Å². The highest BCUT2D eigenvalue weighted by atomic mass is 16.7. The van der Waals surface area contributed by atoms with Gasteiger partial charge in [-0.25, -0.2) is 9.86 Å². The zero-order valence-corrected chi connectivity index (χ0v) is 14.5. The van der Waals surface area contributed by atoms with E-state index in [1.165, 1.54) is 14.2 Å². The van der Waals surface area contributed by atoms with Crippen LogP contribution >= 0.6 is 0 Å². The molecular formula is C15H27N3O4. The maximum Gasteiger partial charge on any atom is 0.408 e. The number of aliphatic imine (C=N–C) groups is 1. The van der Waals surface area contributed by atoms with Gasteiger partial charge in [0.2, 0.25) is 0 Å². The Kier molecular flexibility index (Phi) is 8.40. The van der Waals surface area contributed by atoms with E-state index in [9.17, 15) is 9.59 Å². The Hall–Kier alpha value is -1.89. The van der Waals surface area contributed by atoms with Crippen LogP contribution < -0.4 is 5.32 Å². The standard InChI is InChI=1S/C15H27N3O4/c1-8-11(10-16-5)9-12(13(19)18(6)21-7)17-14(20)22-15(2,3)4/h8,10,12H,9H2,1-7H3,(H,17,20)/b11-8-,16-10?/t12-/m0/s1. The van der Waals surface area contributed by atoms with Gasteiger partial charge in [0.15, 0.2) is 0 Å². The van der Waals surface area contributed by atoms with Gasteiger partial charge in [0.25, 0.3) is 5.91 Å². The first-order valence-electron chi connectivity index (χ1n) is 7.03. The fourth-order valence-corrected chi connectivity index (χ4v) is 1.61. The van der Waals surface area contributed by atoms with E-state index in [4.69, 9.17) is 9.57 Å². The summed E-state index contributed by atoms with van der Waals surface area (Å²) < 4.78 is 5.19. The lowest BCUT2D eigenvalue weighted by Gasteiger charge is -2.25. The van der Waals surface area contributed by atoms with Crippen LogP contribution in [0.3, 0.4) is 0 Å². The van der Waals surface area contributed by atoms with Crippen molar-refractivity contribution in [1.82, 2.24) is 10.4 Å². The minimum absolute atomic E-state index is 0.291. The Labute approximate surface area is 132 Å². The van der Waals surface area contributed by atoms with E-state index in [0.717, 1.165) is 10.6 Å². The first-order chi connectivity index (χ1) is 10.1. The maximum absolute atomic E-state index is 12.3. The summed E-state index contributed by atoms with van der Waals surface area (Å²) >= 11 is 0. The minimum Gasteiger partial charge on any atom is -0.444 e. The predicted molar refractivity (Wildman–Crippen MR) is 85.7 cm³/mol. The van der Waals surface area contributed by atoms with E-state index in [2.05, 4.69) is 10.3 Å². The lowest BCUT2D eigenvalue weighted by Crippen LogP contribution is -2.48. The van der Waals surface area contributed by atoms with Crippen molar-refractivity contribution >= 4 is 18.2 Å². The fraction of sp³-hybridized carbons (Fsp3) is 0.667. The van der Waals surface area contributed by atoms with Gasteiger partial charge in [0.05, 0.1) is 7.11 Å².